The smallest absolute Gasteiger partial charge is 0.337 e. The molecule has 0 aromatic heterocycles. The van der Waals surface area contributed by atoms with Crippen molar-refractivity contribution in [2.45, 2.75) is 31.7 Å². The van der Waals surface area contributed by atoms with E-state index >= 15 is 0 Å². The second-order valence-electron chi connectivity index (χ2n) is 7.08. The van der Waals surface area contributed by atoms with Crippen molar-refractivity contribution in [3.8, 4) is 0 Å². The molecule has 0 saturated carbocycles. The quantitative estimate of drug-likeness (QED) is 0.708. The van der Waals surface area contributed by atoms with Crippen molar-refractivity contribution in [3.63, 3.8) is 0 Å². The lowest BCUT2D eigenvalue weighted by atomic mass is 9.82. The number of aryl methyl sites for hydroxylation is 1. The van der Waals surface area contributed by atoms with Crippen LogP contribution in [0.25, 0.3) is 0 Å². The number of ether oxygens (including phenoxy) is 1. The van der Waals surface area contributed by atoms with Crippen molar-refractivity contribution in [2.24, 2.45) is 5.41 Å². The zero-order valence-corrected chi connectivity index (χ0v) is 16.7. The number of aliphatic hydroxyl groups is 1. The Morgan fingerprint density at radius 2 is 1.81 bits per heavy atom. The van der Waals surface area contributed by atoms with Gasteiger partial charge in [-0.25, -0.2) is 17.9 Å². The first-order chi connectivity index (χ1) is 12.6. The molecule has 1 atom stereocenters. The van der Waals surface area contributed by atoms with E-state index in [1.807, 2.05) is 30.3 Å². The van der Waals surface area contributed by atoms with Crippen LogP contribution in [0.1, 0.15) is 41.4 Å². The standard InChI is InChI=1S/C20H25NO5S/c1-14-10-11-16(19(23)26-4)12-17(14)27(24,25)21-18(20(2,3)13-22)15-8-6-5-7-9-15/h5-12,18,21-22H,13H2,1-4H3/t18-/m0/s1. The number of aliphatic hydroxyl groups excluding tert-OH is 1. The van der Waals surface area contributed by atoms with Crippen LogP contribution in [0.15, 0.2) is 53.4 Å². The zero-order valence-electron chi connectivity index (χ0n) is 15.9. The molecule has 2 N–H and O–H groups in total. The average Bonchev–Trinajstić information content (AvgIpc) is 2.66. The van der Waals surface area contributed by atoms with Crippen LogP contribution in [0.5, 0.6) is 0 Å². The average molecular weight is 391 g/mol. The minimum absolute atomic E-state index is 0.0000657. The normalized spacial score (nSPS) is 13.2. The van der Waals surface area contributed by atoms with E-state index < -0.39 is 27.4 Å². The summed E-state index contributed by atoms with van der Waals surface area (Å²) in [6, 6.07) is 12.8. The Kier molecular flexibility index (Phi) is 6.41. The van der Waals surface area contributed by atoms with E-state index in [0.717, 1.165) is 5.56 Å². The largest absolute Gasteiger partial charge is 0.465 e. The van der Waals surface area contributed by atoms with Crippen molar-refractivity contribution in [1.82, 2.24) is 4.72 Å². The maximum absolute atomic E-state index is 13.1. The van der Waals surface area contributed by atoms with Gasteiger partial charge in [0.2, 0.25) is 10.0 Å². The first kappa shape index (κ1) is 21.1. The summed E-state index contributed by atoms with van der Waals surface area (Å²) in [5.41, 5.74) is 0.647. The highest BCUT2D eigenvalue weighted by Gasteiger charge is 2.34. The minimum Gasteiger partial charge on any atom is -0.465 e. The van der Waals surface area contributed by atoms with Gasteiger partial charge in [0.1, 0.15) is 0 Å². The highest BCUT2D eigenvalue weighted by Crippen LogP contribution is 2.34. The third-order valence-corrected chi connectivity index (χ3v) is 6.06. The highest BCUT2D eigenvalue weighted by atomic mass is 32.2. The third-order valence-electron chi connectivity index (χ3n) is 4.49. The Morgan fingerprint density at radius 3 is 2.37 bits per heavy atom. The fourth-order valence-electron chi connectivity index (χ4n) is 2.77. The Hall–Kier alpha value is -2.22. The number of sulfonamides is 1. The molecule has 146 valence electrons. The summed E-state index contributed by atoms with van der Waals surface area (Å²) >= 11 is 0. The molecule has 0 aliphatic rings. The van der Waals surface area contributed by atoms with Gasteiger partial charge >= 0.3 is 5.97 Å². The molecule has 0 radical (unpaired) electrons. The summed E-state index contributed by atoms with van der Waals surface area (Å²) in [4.78, 5) is 11.8. The maximum atomic E-state index is 13.1. The van der Waals surface area contributed by atoms with Crippen molar-refractivity contribution in [2.75, 3.05) is 13.7 Å². The predicted octanol–water partition coefficient (Wildman–Crippen LogP) is 2.82. The molecule has 7 heteroatoms. The molecular formula is C20H25NO5S. The first-order valence-electron chi connectivity index (χ1n) is 8.49. The molecule has 0 saturated heterocycles. The number of esters is 1. The van der Waals surface area contributed by atoms with E-state index in [-0.39, 0.29) is 17.1 Å². The maximum Gasteiger partial charge on any atom is 0.337 e. The van der Waals surface area contributed by atoms with Gasteiger partial charge < -0.3 is 9.84 Å². The lowest BCUT2D eigenvalue weighted by molar-refractivity contribution is 0.0600. The third kappa shape index (κ3) is 4.74. The number of nitrogens with one attached hydrogen (secondary N) is 1. The molecule has 0 amide bonds. The summed E-state index contributed by atoms with van der Waals surface area (Å²) < 4.78 is 33.6. The Morgan fingerprint density at radius 1 is 1.19 bits per heavy atom. The summed E-state index contributed by atoms with van der Waals surface area (Å²) in [6.45, 7) is 5.01. The van der Waals surface area contributed by atoms with Gasteiger partial charge in [-0.05, 0) is 30.2 Å². The lowest BCUT2D eigenvalue weighted by Gasteiger charge is -2.33. The van der Waals surface area contributed by atoms with E-state index in [9.17, 15) is 18.3 Å². The number of methoxy groups -OCH3 is 1. The van der Waals surface area contributed by atoms with Gasteiger partial charge in [0.05, 0.1) is 30.2 Å². The van der Waals surface area contributed by atoms with Gasteiger partial charge in [0.25, 0.3) is 0 Å². The predicted molar refractivity (Wildman–Crippen MR) is 103 cm³/mol. The molecule has 0 heterocycles. The van der Waals surface area contributed by atoms with E-state index in [0.29, 0.717) is 5.56 Å². The molecule has 0 aliphatic heterocycles. The molecule has 0 spiro atoms. The van der Waals surface area contributed by atoms with Gasteiger partial charge in [0.15, 0.2) is 0 Å². The Labute approximate surface area is 160 Å². The molecule has 0 bridgehead atoms. The van der Waals surface area contributed by atoms with Crippen molar-refractivity contribution < 1.29 is 23.1 Å². The van der Waals surface area contributed by atoms with Crippen molar-refractivity contribution >= 4 is 16.0 Å². The number of carbonyl (C=O) groups excluding carboxylic acids is 1. The van der Waals surface area contributed by atoms with Crippen LogP contribution < -0.4 is 4.72 Å². The monoisotopic (exact) mass is 391 g/mol. The molecule has 2 aromatic rings. The van der Waals surface area contributed by atoms with Gasteiger partial charge in [-0.15, -0.1) is 0 Å². The first-order valence-corrected chi connectivity index (χ1v) is 9.98. The number of carbonyl (C=O) groups is 1. The van der Waals surface area contributed by atoms with Crippen LogP contribution in [-0.4, -0.2) is 33.2 Å². The molecule has 0 aliphatic carbocycles. The van der Waals surface area contributed by atoms with Crippen molar-refractivity contribution in [3.05, 3.63) is 65.2 Å². The van der Waals surface area contributed by atoms with Crippen LogP contribution in [0.4, 0.5) is 0 Å². The second kappa shape index (κ2) is 8.21. The molecule has 2 aromatic carbocycles. The van der Waals surface area contributed by atoms with Gasteiger partial charge in [-0.3, -0.25) is 0 Å². The fourth-order valence-corrected chi connectivity index (χ4v) is 4.44. The van der Waals surface area contributed by atoms with E-state index in [2.05, 4.69) is 9.46 Å². The number of benzene rings is 2. The minimum atomic E-state index is -3.96. The van der Waals surface area contributed by atoms with Gasteiger partial charge in [-0.1, -0.05) is 50.2 Å². The number of hydrogen-bond donors (Lipinski definition) is 2. The summed E-state index contributed by atoms with van der Waals surface area (Å²) in [7, 11) is -2.72. The topological polar surface area (TPSA) is 92.7 Å². The SMILES string of the molecule is COC(=O)c1ccc(C)c(S(=O)(=O)N[C@@H](c2ccccc2)C(C)(C)CO)c1. The Balaban J connectivity index is 2.50. The highest BCUT2D eigenvalue weighted by molar-refractivity contribution is 7.89. The van der Waals surface area contributed by atoms with E-state index in [1.165, 1.54) is 19.2 Å². The molecule has 0 unspecified atom stereocenters. The summed E-state index contributed by atoms with van der Waals surface area (Å²) in [5.74, 6) is -0.609. The second-order valence-corrected chi connectivity index (χ2v) is 8.77. The van der Waals surface area contributed by atoms with Crippen LogP contribution in [0.2, 0.25) is 0 Å². The van der Waals surface area contributed by atoms with Crippen LogP contribution in [0, 0.1) is 12.3 Å². The van der Waals surface area contributed by atoms with Gasteiger partial charge in [0, 0.05) is 5.41 Å². The van der Waals surface area contributed by atoms with Crippen LogP contribution in [0.3, 0.4) is 0 Å². The fraction of sp³-hybridized carbons (Fsp3) is 0.350. The molecule has 0 fully saturated rings. The zero-order chi connectivity index (χ0) is 20.2. The molecule has 2 rings (SSSR count). The summed E-state index contributed by atoms with van der Waals surface area (Å²) in [6.07, 6.45) is 0. The number of hydrogen-bond acceptors (Lipinski definition) is 5. The molecule has 27 heavy (non-hydrogen) atoms. The van der Waals surface area contributed by atoms with Crippen LogP contribution in [-0.2, 0) is 14.8 Å². The van der Waals surface area contributed by atoms with Gasteiger partial charge in [-0.2, -0.15) is 0 Å². The van der Waals surface area contributed by atoms with E-state index in [4.69, 9.17) is 0 Å². The Bertz CT molecular complexity index is 907. The van der Waals surface area contributed by atoms with E-state index in [1.54, 1.807) is 26.8 Å². The van der Waals surface area contributed by atoms with Crippen molar-refractivity contribution in [1.29, 1.82) is 0 Å². The summed E-state index contributed by atoms with van der Waals surface area (Å²) in [5, 5.41) is 9.80. The number of rotatable bonds is 7. The molecular weight excluding hydrogens is 366 g/mol. The lowest BCUT2D eigenvalue weighted by Crippen LogP contribution is -2.40. The van der Waals surface area contributed by atoms with Crippen LogP contribution >= 0.6 is 0 Å². The molecule has 6 nitrogen and oxygen atoms in total.